The van der Waals surface area contributed by atoms with E-state index < -0.39 is 17.9 Å². The van der Waals surface area contributed by atoms with E-state index in [-0.39, 0.29) is 12.1 Å². The van der Waals surface area contributed by atoms with Crippen LogP contribution in [0.5, 0.6) is 5.75 Å². The average molecular weight is 541 g/mol. The Labute approximate surface area is 230 Å². The summed E-state index contributed by atoms with van der Waals surface area (Å²) in [6.45, 7) is 0.453. The van der Waals surface area contributed by atoms with Crippen molar-refractivity contribution in [1.82, 2.24) is 19.9 Å². The summed E-state index contributed by atoms with van der Waals surface area (Å²) in [7, 11) is 1.29. The van der Waals surface area contributed by atoms with Crippen LogP contribution in [0.2, 0.25) is 5.02 Å². The summed E-state index contributed by atoms with van der Waals surface area (Å²) in [5, 5.41) is 7.83. The fraction of sp³-hybridized carbons (Fsp3) is 0.133. The molecule has 1 unspecified atom stereocenters. The van der Waals surface area contributed by atoms with Crippen molar-refractivity contribution in [1.29, 1.82) is 0 Å². The second-order valence-corrected chi connectivity index (χ2v) is 9.24. The Hall–Kier alpha value is -4.69. The van der Waals surface area contributed by atoms with Crippen molar-refractivity contribution < 1.29 is 19.1 Å². The number of amides is 1. The molecule has 196 valence electrons. The summed E-state index contributed by atoms with van der Waals surface area (Å²) in [6, 6.07) is 27.0. The summed E-state index contributed by atoms with van der Waals surface area (Å²) < 4.78 is 12.4. The van der Waals surface area contributed by atoms with Gasteiger partial charge in [-0.1, -0.05) is 66.2 Å². The quantitative estimate of drug-likeness (QED) is 0.260. The minimum Gasteiger partial charge on any atom is -0.489 e. The van der Waals surface area contributed by atoms with Gasteiger partial charge in [0.05, 0.1) is 12.8 Å². The normalized spacial score (nSPS) is 11.6. The van der Waals surface area contributed by atoms with E-state index in [4.69, 9.17) is 21.1 Å². The topological polar surface area (TPSA) is 94.8 Å². The van der Waals surface area contributed by atoms with Crippen LogP contribution in [0.3, 0.4) is 0 Å². The number of hydrogen-bond donors (Lipinski definition) is 1. The number of nitrogens with zero attached hydrogens (tertiary/aromatic N) is 3. The van der Waals surface area contributed by atoms with E-state index in [0.29, 0.717) is 23.0 Å². The second-order valence-electron chi connectivity index (χ2n) is 8.81. The number of carbonyl (C=O) groups excluding carboxylic acids is 2. The molecule has 9 heteroatoms. The highest BCUT2D eigenvalue weighted by atomic mass is 35.5. The van der Waals surface area contributed by atoms with Crippen LogP contribution in [0, 0.1) is 0 Å². The monoisotopic (exact) mass is 540 g/mol. The maximum atomic E-state index is 13.1. The molecule has 0 bridgehead atoms. The number of methoxy groups -OCH3 is 1. The molecule has 0 saturated carbocycles. The summed E-state index contributed by atoms with van der Waals surface area (Å²) in [4.78, 5) is 30.0. The Balaban J connectivity index is 1.29. The van der Waals surface area contributed by atoms with Gasteiger partial charge in [-0.05, 0) is 41.5 Å². The Kier molecular flexibility index (Phi) is 7.84. The lowest BCUT2D eigenvalue weighted by molar-refractivity contribution is -0.142. The number of benzene rings is 3. The SMILES string of the molecule is COC(=O)C(Cc1ccc(OCc2ccccc2)cc1)NC(=O)c1cc2nccc(-c3ccc(Cl)cc3)n2n1. The number of fused-ring (bicyclic) bond motifs is 1. The fourth-order valence-electron chi connectivity index (χ4n) is 4.11. The van der Waals surface area contributed by atoms with E-state index in [1.165, 1.54) is 7.11 Å². The second kappa shape index (κ2) is 11.8. The summed E-state index contributed by atoms with van der Waals surface area (Å²) >= 11 is 6.02. The van der Waals surface area contributed by atoms with Crippen molar-refractivity contribution in [2.45, 2.75) is 19.1 Å². The molecule has 0 spiro atoms. The lowest BCUT2D eigenvalue weighted by Crippen LogP contribution is -2.43. The molecule has 1 N–H and O–H groups in total. The Morgan fingerprint density at radius 3 is 2.41 bits per heavy atom. The lowest BCUT2D eigenvalue weighted by Gasteiger charge is -2.16. The molecule has 1 amide bonds. The molecule has 5 aromatic rings. The summed E-state index contributed by atoms with van der Waals surface area (Å²) in [5.74, 6) is -0.368. The van der Waals surface area contributed by atoms with Gasteiger partial charge < -0.3 is 14.8 Å². The Bertz CT molecular complexity index is 1590. The third-order valence-corrected chi connectivity index (χ3v) is 6.39. The number of carbonyl (C=O) groups is 2. The predicted molar refractivity (Wildman–Crippen MR) is 148 cm³/mol. The first-order valence-electron chi connectivity index (χ1n) is 12.3. The highest BCUT2D eigenvalue weighted by molar-refractivity contribution is 6.30. The van der Waals surface area contributed by atoms with Gasteiger partial charge in [0.25, 0.3) is 5.91 Å². The van der Waals surface area contributed by atoms with Crippen molar-refractivity contribution in [3.8, 4) is 17.0 Å². The van der Waals surface area contributed by atoms with Crippen molar-refractivity contribution in [2.75, 3.05) is 7.11 Å². The first kappa shape index (κ1) is 25.9. The largest absolute Gasteiger partial charge is 0.489 e. The zero-order valence-corrected chi connectivity index (χ0v) is 21.8. The van der Waals surface area contributed by atoms with E-state index in [1.54, 1.807) is 35.0 Å². The maximum Gasteiger partial charge on any atom is 0.328 e. The van der Waals surface area contributed by atoms with Gasteiger partial charge in [-0.25, -0.2) is 14.3 Å². The molecule has 1 atom stereocenters. The van der Waals surface area contributed by atoms with Gasteiger partial charge >= 0.3 is 5.97 Å². The molecule has 0 saturated heterocycles. The van der Waals surface area contributed by atoms with E-state index in [2.05, 4.69) is 15.4 Å². The van der Waals surface area contributed by atoms with Crippen LogP contribution in [-0.4, -0.2) is 39.6 Å². The third kappa shape index (κ3) is 6.25. The predicted octanol–water partition coefficient (Wildman–Crippen LogP) is 5.14. The number of nitrogens with one attached hydrogen (secondary N) is 1. The minimum atomic E-state index is -0.910. The minimum absolute atomic E-state index is 0.127. The van der Waals surface area contributed by atoms with E-state index >= 15 is 0 Å². The Morgan fingerprint density at radius 2 is 1.69 bits per heavy atom. The van der Waals surface area contributed by atoms with Gasteiger partial charge in [-0.3, -0.25) is 4.79 Å². The van der Waals surface area contributed by atoms with Crippen LogP contribution >= 0.6 is 11.6 Å². The number of aromatic nitrogens is 3. The van der Waals surface area contributed by atoms with Crippen molar-refractivity contribution in [3.63, 3.8) is 0 Å². The van der Waals surface area contributed by atoms with Crippen molar-refractivity contribution >= 4 is 29.1 Å². The molecular formula is C30H25ClN4O4. The Morgan fingerprint density at radius 1 is 0.949 bits per heavy atom. The van der Waals surface area contributed by atoms with E-state index in [9.17, 15) is 9.59 Å². The number of hydrogen-bond acceptors (Lipinski definition) is 6. The summed E-state index contributed by atoms with van der Waals surface area (Å²) in [5.41, 5.74) is 4.13. The molecular weight excluding hydrogens is 516 g/mol. The third-order valence-electron chi connectivity index (χ3n) is 6.13. The molecule has 2 heterocycles. The maximum absolute atomic E-state index is 13.1. The number of ether oxygens (including phenoxy) is 2. The highest BCUT2D eigenvalue weighted by Gasteiger charge is 2.24. The van der Waals surface area contributed by atoms with Gasteiger partial charge in [-0.15, -0.1) is 0 Å². The first-order chi connectivity index (χ1) is 19.0. The molecule has 5 rings (SSSR count). The molecule has 0 aliphatic rings. The fourth-order valence-corrected chi connectivity index (χ4v) is 4.24. The molecule has 0 radical (unpaired) electrons. The highest BCUT2D eigenvalue weighted by Crippen LogP contribution is 2.22. The zero-order chi connectivity index (χ0) is 27.2. The molecule has 3 aromatic carbocycles. The van der Waals surface area contributed by atoms with Gasteiger partial charge in [-0.2, -0.15) is 5.10 Å². The molecule has 2 aromatic heterocycles. The molecule has 0 aliphatic heterocycles. The van der Waals surface area contributed by atoms with Crippen LogP contribution < -0.4 is 10.1 Å². The molecule has 8 nitrogen and oxygen atoms in total. The standard InChI is InChI=1S/C30H25ClN4O4/c1-38-30(37)26(17-20-7-13-24(14-8-20)39-19-21-5-3-2-4-6-21)33-29(36)25-18-28-32-16-15-27(35(28)34-25)22-9-11-23(31)12-10-22/h2-16,18,26H,17,19H2,1H3,(H,33,36). The average Bonchev–Trinajstić information content (AvgIpc) is 3.42. The van der Waals surface area contributed by atoms with Gasteiger partial charge in [0, 0.05) is 29.3 Å². The van der Waals surface area contributed by atoms with Gasteiger partial charge in [0.2, 0.25) is 0 Å². The van der Waals surface area contributed by atoms with Gasteiger partial charge in [0.15, 0.2) is 11.3 Å². The summed E-state index contributed by atoms with van der Waals surface area (Å²) in [6.07, 6.45) is 1.88. The van der Waals surface area contributed by atoms with Crippen molar-refractivity contribution in [3.05, 3.63) is 119 Å². The molecule has 0 aliphatic carbocycles. The number of halogens is 1. The van der Waals surface area contributed by atoms with Crippen LogP contribution in [-0.2, 0) is 22.6 Å². The zero-order valence-electron chi connectivity index (χ0n) is 21.1. The van der Waals surface area contributed by atoms with Crippen LogP contribution in [0.1, 0.15) is 21.6 Å². The van der Waals surface area contributed by atoms with Crippen molar-refractivity contribution in [2.24, 2.45) is 0 Å². The van der Waals surface area contributed by atoms with Crippen LogP contribution in [0.4, 0.5) is 0 Å². The number of esters is 1. The molecule has 0 fully saturated rings. The molecule has 39 heavy (non-hydrogen) atoms. The van der Waals surface area contributed by atoms with Crippen LogP contribution in [0.15, 0.2) is 97.2 Å². The first-order valence-corrected chi connectivity index (χ1v) is 12.6. The van der Waals surface area contributed by atoms with Crippen LogP contribution in [0.25, 0.3) is 16.9 Å². The van der Waals surface area contributed by atoms with Gasteiger partial charge in [0.1, 0.15) is 18.4 Å². The number of rotatable bonds is 9. The smallest absolute Gasteiger partial charge is 0.328 e. The van der Waals surface area contributed by atoms with E-state index in [0.717, 1.165) is 22.4 Å². The van der Waals surface area contributed by atoms with E-state index in [1.807, 2.05) is 66.7 Å². The lowest BCUT2D eigenvalue weighted by atomic mass is 10.1.